The van der Waals surface area contributed by atoms with Crippen LogP contribution < -0.4 is 4.90 Å². The summed E-state index contributed by atoms with van der Waals surface area (Å²) in [5.74, 6) is 0.187. The van der Waals surface area contributed by atoms with E-state index in [1.54, 1.807) is 0 Å². The highest BCUT2D eigenvalue weighted by molar-refractivity contribution is 6.10. The van der Waals surface area contributed by atoms with Gasteiger partial charge in [0.2, 0.25) is 0 Å². The van der Waals surface area contributed by atoms with Gasteiger partial charge < -0.3 is 9.64 Å². The van der Waals surface area contributed by atoms with E-state index in [4.69, 9.17) is 4.74 Å². The number of ketones is 1. The fourth-order valence-corrected chi connectivity index (χ4v) is 3.27. The summed E-state index contributed by atoms with van der Waals surface area (Å²) in [6.45, 7) is 11.2. The number of fused-ring (bicyclic) bond motifs is 1. The molecule has 0 unspecified atom stereocenters. The van der Waals surface area contributed by atoms with Crippen molar-refractivity contribution in [2.75, 3.05) is 31.2 Å². The molecular formula is C18H21NO2. The second-order valence-electron chi connectivity index (χ2n) is 5.82. The summed E-state index contributed by atoms with van der Waals surface area (Å²) >= 11 is 0. The highest BCUT2D eigenvalue weighted by Crippen LogP contribution is 2.34. The molecule has 0 spiro atoms. The Labute approximate surface area is 125 Å². The van der Waals surface area contributed by atoms with E-state index in [1.165, 1.54) is 11.3 Å². The predicted molar refractivity (Wildman–Crippen MR) is 85.6 cm³/mol. The molecule has 3 nitrogen and oxygen atoms in total. The minimum absolute atomic E-state index is 0.187. The Morgan fingerprint density at radius 1 is 1.29 bits per heavy atom. The minimum Gasteiger partial charge on any atom is -0.378 e. The van der Waals surface area contributed by atoms with Crippen LogP contribution >= 0.6 is 0 Å². The molecule has 1 heterocycles. The molecular weight excluding hydrogens is 262 g/mol. The molecule has 0 bridgehead atoms. The average Bonchev–Trinajstić information content (AvgIpc) is 2.47. The van der Waals surface area contributed by atoms with Gasteiger partial charge in [0.05, 0.1) is 13.2 Å². The van der Waals surface area contributed by atoms with Crippen LogP contribution in [0.4, 0.5) is 5.69 Å². The minimum atomic E-state index is 0.187. The molecule has 1 saturated heterocycles. The SMILES string of the molecule is C=C(C)C1=C(C)c2ccc(N3CCOCC3)cc2CC1=O. The number of hydrogen-bond donors (Lipinski definition) is 0. The van der Waals surface area contributed by atoms with E-state index in [-0.39, 0.29) is 5.78 Å². The van der Waals surface area contributed by atoms with Gasteiger partial charge in [-0.05, 0) is 48.3 Å². The van der Waals surface area contributed by atoms with Crippen LogP contribution in [0.2, 0.25) is 0 Å². The maximum atomic E-state index is 12.3. The number of anilines is 1. The lowest BCUT2D eigenvalue weighted by Gasteiger charge is -2.30. The van der Waals surface area contributed by atoms with E-state index >= 15 is 0 Å². The lowest BCUT2D eigenvalue weighted by molar-refractivity contribution is -0.114. The second kappa shape index (κ2) is 5.49. The number of rotatable bonds is 2. The van der Waals surface area contributed by atoms with Crippen molar-refractivity contribution in [3.05, 3.63) is 47.1 Å². The summed E-state index contributed by atoms with van der Waals surface area (Å²) in [7, 11) is 0. The molecule has 1 aromatic rings. The molecule has 3 heteroatoms. The lowest BCUT2D eigenvalue weighted by atomic mass is 9.83. The highest BCUT2D eigenvalue weighted by Gasteiger charge is 2.24. The third kappa shape index (κ3) is 2.54. The van der Waals surface area contributed by atoms with Gasteiger partial charge >= 0.3 is 0 Å². The first kappa shape index (κ1) is 14.1. The van der Waals surface area contributed by atoms with Crippen molar-refractivity contribution in [3.8, 4) is 0 Å². The molecule has 2 aliphatic rings. The van der Waals surface area contributed by atoms with Crippen molar-refractivity contribution in [1.82, 2.24) is 0 Å². The molecule has 0 amide bonds. The first-order valence-corrected chi connectivity index (χ1v) is 7.44. The largest absolute Gasteiger partial charge is 0.378 e. The van der Waals surface area contributed by atoms with Gasteiger partial charge in [0.1, 0.15) is 0 Å². The highest BCUT2D eigenvalue weighted by atomic mass is 16.5. The van der Waals surface area contributed by atoms with Gasteiger partial charge in [-0.1, -0.05) is 12.6 Å². The van der Waals surface area contributed by atoms with E-state index in [9.17, 15) is 4.79 Å². The molecule has 21 heavy (non-hydrogen) atoms. The summed E-state index contributed by atoms with van der Waals surface area (Å²) in [4.78, 5) is 14.7. The number of Topliss-reactive ketones (excluding diaryl/α,β-unsaturated/α-hetero) is 1. The Morgan fingerprint density at radius 3 is 2.67 bits per heavy atom. The first-order valence-electron chi connectivity index (χ1n) is 7.44. The monoisotopic (exact) mass is 283 g/mol. The Kier molecular flexibility index (Phi) is 3.68. The number of carbonyl (C=O) groups is 1. The molecule has 1 aliphatic heterocycles. The van der Waals surface area contributed by atoms with E-state index < -0.39 is 0 Å². The van der Waals surface area contributed by atoms with Gasteiger partial charge in [-0.25, -0.2) is 0 Å². The number of benzene rings is 1. The standard InChI is InChI=1S/C18H21NO2/c1-12(2)18-13(3)16-5-4-15(10-14(16)11-17(18)20)19-6-8-21-9-7-19/h4-5,10H,1,6-9,11H2,2-3H3. The molecule has 0 atom stereocenters. The van der Waals surface area contributed by atoms with Crippen LogP contribution in [0, 0.1) is 0 Å². The van der Waals surface area contributed by atoms with Crippen LogP contribution in [0.1, 0.15) is 25.0 Å². The van der Waals surface area contributed by atoms with Gasteiger partial charge in [-0.2, -0.15) is 0 Å². The first-order chi connectivity index (χ1) is 10.1. The molecule has 3 rings (SSSR count). The third-order valence-electron chi connectivity index (χ3n) is 4.30. The molecule has 110 valence electrons. The number of carbonyl (C=O) groups excluding carboxylic acids is 1. The van der Waals surface area contributed by atoms with Gasteiger partial charge in [0.15, 0.2) is 5.78 Å². The van der Waals surface area contributed by atoms with E-state index in [0.29, 0.717) is 6.42 Å². The average molecular weight is 283 g/mol. The van der Waals surface area contributed by atoms with Gasteiger partial charge in [0.25, 0.3) is 0 Å². The normalized spacial score (nSPS) is 18.8. The molecule has 1 aliphatic carbocycles. The topological polar surface area (TPSA) is 29.5 Å². The molecule has 0 aromatic heterocycles. The quantitative estimate of drug-likeness (QED) is 0.835. The summed E-state index contributed by atoms with van der Waals surface area (Å²) in [5, 5.41) is 0. The van der Waals surface area contributed by atoms with Crippen molar-refractivity contribution in [3.63, 3.8) is 0 Å². The number of morpholine rings is 1. The van der Waals surface area contributed by atoms with Crippen LogP contribution in [0.3, 0.4) is 0 Å². The molecule has 0 N–H and O–H groups in total. The number of ether oxygens (including phenoxy) is 1. The van der Waals surface area contributed by atoms with Crippen molar-refractivity contribution >= 4 is 17.0 Å². The van der Waals surface area contributed by atoms with Crippen molar-refractivity contribution < 1.29 is 9.53 Å². The van der Waals surface area contributed by atoms with Crippen molar-refractivity contribution in [2.24, 2.45) is 0 Å². The zero-order chi connectivity index (χ0) is 15.0. The predicted octanol–water partition coefficient (Wildman–Crippen LogP) is 3.00. The second-order valence-corrected chi connectivity index (χ2v) is 5.82. The Morgan fingerprint density at radius 2 is 2.00 bits per heavy atom. The maximum absolute atomic E-state index is 12.3. The van der Waals surface area contributed by atoms with Crippen molar-refractivity contribution in [1.29, 1.82) is 0 Å². The van der Waals surface area contributed by atoms with Crippen LogP contribution in [-0.4, -0.2) is 32.1 Å². The van der Waals surface area contributed by atoms with E-state index in [0.717, 1.165) is 48.6 Å². The Balaban J connectivity index is 1.99. The summed E-state index contributed by atoms with van der Waals surface area (Å²) in [6, 6.07) is 6.46. The summed E-state index contributed by atoms with van der Waals surface area (Å²) < 4.78 is 5.40. The molecule has 1 fully saturated rings. The molecule has 1 aromatic carbocycles. The van der Waals surface area contributed by atoms with Crippen molar-refractivity contribution in [2.45, 2.75) is 20.3 Å². The molecule has 0 radical (unpaired) electrons. The maximum Gasteiger partial charge on any atom is 0.167 e. The van der Waals surface area contributed by atoms with Crippen LogP contribution in [0.5, 0.6) is 0 Å². The van der Waals surface area contributed by atoms with Gasteiger partial charge in [-0.3, -0.25) is 4.79 Å². The zero-order valence-electron chi connectivity index (χ0n) is 12.7. The fraction of sp³-hybridized carbons (Fsp3) is 0.389. The summed E-state index contributed by atoms with van der Waals surface area (Å²) in [5.41, 5.74) is 6.23. The Hall–Kier alpha value is -1.87. The molecule has 0 saturated carbocycles. The number of allylic oxidation sites excluding steroid dienone is 3. The summed E-state index contributed by atoms with van der Waals surface area (Å²) in [6.07, 6.45) is 0.479. The fourth-order valence-electron chi connectivity index (χ4n) is 3.27. The number of hydrogen-bond acceptors (Lipinski definition) is 3. The Bertz CT molecular complexity index is 637. The lowest BCUT2D eigenvalue weighted by Crippen LogP contribution is -2.36. The van der Waals surface area contributed by atoms with E-state index in [1.807, 2.05) is 13.8 Å². The van der Waals surface area contributed by atoms with Crippen LogP contribution in [-0.2, 0) is 16.0 Å². The zero-order valence-corrected chi connectivity index (χ0v) is 12.7. The van der Waals surface area contributed by atoms with Gasteiger partial charge in [-0.15, -0.1) is 0 Å². The van der Waals surface area contributed by atoms with Crippen LogP contribution in [0.25, 0.3) is 5.57 Å². The number of nitrogens with zero attached hydrogens (tertiary/aromatic N) is 1. The van der Waals surface area contributed by atoms with E-state index in [2.05, 4.69) is 29.7 Å². The van der Waals surface area contributed by atoms with Crippen LogP contribution in [0.15, 0.2) is 35.9 Å². The smallest absolute Gasteiger partial charge is 0.167 e. The van der Waals surface area contributed by atoms with Gasteiger partial charge in [0, 0.05) is 30.8 Å². The third-order valence-corrected chi connectivity index (χ3v) is 4.30.